The highest BCUT2D eigenvalue weighted by molar-refractivity contribution is 14.0. The number of hydrogen-bond acceptors (Lipinski definition) is 4. The summed E-state index contributed by atoms with van der Waals surface area (Å²) in [4.78, 5) is 13.6. The molecular formula is C20H27IN6S. The van der Waals surface area contributed by atoms with E-state index >= 15 is 0 Å². The van der Waals surface area contributed by atoms with E-state index in [9.17, 15) is 0 Å². The predicted octanol–water partition coefficient (Wildman–Crippen LogP) is 4.33. The first-order valence-corrected chi connectivity index (χ1v) is 10.1. The van der Waals surface area contributed by atoms with Crippen LogP contribution in [-0.2, 0) is 13.1 Å². The predicted molar refractivity (Wildman–Crippen MR) is 127 cm³/mol. The highest BCUT2D eigenvalue weighted by Gasteiger charge is 2.07. The molecule has 0 aliphatic carbocycles. The Hall–Kier alpha value is -1.94. The molecule has 6 nitrogen and oxygen atoms in total. The summed E-state index contributed by atoms with van der Waals surface area (Å²) in [6.45, 7) is 8.46. The fraction of sp³-hybridized carbons (Fsp3) is 0.350. The molecule has 0 radical (unpaired) electrons. The molecule has 8 heteroatoms. The van der Waals surface area contributed by atoms with Crippen LogP contribution in [0.4, 0.5) is 0 Å². The number of benzene rings is 1. The van der Waals surface area contributed by atoms with Gasteiger partial charge in [0.25, 0.3) is 0 Å². The lowest BCUT2D eigenvalue weighted by molar-refractivity contribution is 0.787. The second-order valence-electron chi connectivity index (χ2n) is 6.47. The summed E-state index contributed by atoms with van der Waals surface area (Å²) >= 11 is 1.69. The van der Waals surface area contributed by atoms with Crippen molar-refractivity contribution in [3.8, 4) is 5.69 Å². The third-order valence-corrected chi connectivity index (χ3v) is 4.96. The SMILES string of the molecule is CCNC(=NCc1ccccc1-n1ccnc1)NCc1nc(C(C)C)cs1.I. The standard InChI is InChI=1S/C20H26N6S.HI/c1-4-22-20(24-12-19-25-17(13-27-19)15(2)3)23-11-16-7-5-6-8-18(16)26-10-9-21-14-26;/h5-10,13-15H,4,11-12H2,1-3H3,(H2,22,23,24);1H. The molecule has 0 aliphatic heterocycles. The Morgan fingerprint density at radius 2 is 2.07 bits per heavy atom. The molecule has 0 atom stereocenters. The van der Waals surface area contributed by atoms with Crippen molar-refractivity contribution < 1.29 is 0 Å². The first-order valence-electron chi connectivity index (χ1n) is 9.20. The van der Waals surface area contributed by atoms with Crippen LogP contribution in [-0.4, -0.2) is 27.0 Å². The van der Waals surface area contributed by atoms with Crippen LogP contribution < -0.4 is 10.6 Å². The number of imidazole rings is 1. The van der Waals surface area contributed by atoms with Gasteiger partial charge in [0.1, 0.15) is 5.01 Å². The Bertz CT molecular complexity index is 872. The number of aliphatic imine (C=N–C) groups is 1. The van der Waals surface area contributed by atoms with Crippen LogP contribution in [0.3, 0.4) is 0 Å². The Labute approximate surface area is 187 Å². The van der Waals surface area contributed by atoms with E-state index in [4.69, 9.17) is 4.99 Å². The lowest BCUT2D eigenvalue weighted by atomic mass is 10.2. The fourth-order valence-electron chi connectivity index (χ4n) is 2.63. The van der Waals surface area contributed by atoms with Gasteiger partial charge in [0.05, 0.1) is 30.8 Å². The minimum absolute atomic E-state index is 0. The fourth-order valence-corrected chi connectivity index (χ4v) is 3.53. The van der Waals surface area contributed by atoms with E-state index in [1.807, 2.05) is 22.9 Å². The van der Waals surface area contributed by atoms with Crippen molar-refractivity contribution in [2.75, 3.05) is 6.54 Å². The van der Waals surface area contributed by atoms with Crippen molar-refractivity contribution in [2.45, 2.75) is 39.8 Å². The van der Waals surface area contributed by atoms with E-state index in [1.165, 1.54) is 0 Å². The minimum Gasteiger partial charge on any atom is -0.357 e. The normalized spacial score (nSPS) is 11.4. The van der Waals surface area contributed by atoms with Gasteiger partial charge in [-0.25, -0.2) is 15.0 Å². The number of aromatic nitrogens is 3. The molecule has 0 spiro atoms. The van der Waals surface area contributed by atoms with Crippen molar-refractivity contribution in [1.82, 2.24) is 25.2 Å². The summed E-state index contributed by atoms with van der Waals surface area (Å²) in [5.74, 6) is 1.25. The Kier molecular flexibility index (Phi) is 8.91. The maximum Gasteiger partial charge on any atom is 0.191 e. The molecular weight excluding hydrogens is 483 g/mol. The molecule has 0 saturated heterocycles. The van der Waals surface area contributed by atoms with Gasteiger partial charge in [-0.15, -0.1) is 35.3 Å². The van der Waals surface area contributed by atoms with E-state index in [1.54, 1.807) is 23.9 Å². The number of nitrogens with zero attached hydrogens (tertiary/aromatic N) is 4. The number of nitrogens with one attached hydrogen (secondary N) is 2. The highest BCUT2D eigenvalue weighted by Crippen LogP contribution is 2.18. The summed E-state index contributed by atoms with van der Waals surface area (Å²) in [5.41, 5.74) is 3.38. The molecule has 0 fully saturated rings. The van der Waals surface area contributed by atoms with Crippen molar-refractivity contribution in [3.05, 3.63) is 64.6 Å². The van der Waals surface area contributed by atoms with Crippen molar-refractivity contribution in [1.29, 1.82) is 0 Å². The Morgan fingerprint density at radius 1 is 1.25 bits per heavy atom. The average Bonchev–Trinajstić information content (AvgIpc) is 3.36. The number of rotatable bonds is 7. The third kappa shape index (κ3) is 6.03. The number of para-hydroxylation sites is 1. The van der Waals surface area contributed by atoms with Gasteiger partial charge >= 0.3 is 0 Å². The van der Waals surface area contributed by atoms with Gasteiger partial charge in [-0.1, -0.05) is 32.0 Å². The first-order chi connectivity index (χ1) is 13.2. The smallest absolute Gasteiger partial charge is 0.191 e. The van der Waals surface area contributed by atoms with Crippen LogP contribution >= 0.6 is 35.3 Å². The second kappa shape index (κ2) is 11.2. The zero-order valence-electron chi connectivity index (χ0n) is 16.4. The van der Waals surface area contributed by atoms with Crippen LogP contribution in [0.25, 0.3) is 5.69 Å². The van der Waals surface area contributed by atoms with E-state index in [0.717, 1.165) is 34.5 Å². The topological polar surface area (TPSA) is 67.1 Å². The number of thiazole rings is 1. The minimum atomic E-state index is 0. The van der Waals surface area contributed by atoms with Gasteiger partial charge in [-0.05, 0) is 24.5 Å². The van der Waals surface area contributed by atoms with Crippen LogP contribution in [0, 0.1) is 0 Å². The molecule has 0 unspecified atom stereocenters. The van der Waals surface area contributed by atoms with Crippen molar-refractivity contribution in [2.24, 2.45) is 4.99 Å². The van der Waals surface area contributed by atoms with Crippen LogP contribution in [0.5, 0.6) is 0 Å². The van der Waals surface area contributed by atoms with Gasteiger partial charge in [0.15, 0.2) is 5.96 Å². The van der Waals surface area contributed by atoms with Crippen LogP contribution in [0.2, 0.25) is 0 Å². The Morgan fingerprint density at radius 3 is 2.75 bits per heavy atom. The van der Waals surface area contributed by atoms with E-state index in [2.05, 4.69) is 58.9 Å². The first kappa shape index (κ1) is 22.4. The van der Waals surface area contributed by atoms with Crippen LogP contribution in [0.1, 0.15) is 43.0 Å². The maximum absolute atomic E-state index is 4.75. The lowest BCUT2D eigenvalue weighted by Crippen LogP contribution is -2.36. The molecule has 150 valence electrons. The quantitative estimate of drug-likeness (QED) is 0.282. The zero-order chi connectivity index (χ0) is 19.1. The van der Waals surface area contributed by atoms with E-state index in [-0.39, 0.29) is 24.0 Å². The summed E-state index contributed by atoms with van der Waals surface area (Å²) in [6.07, 6.45) is 5.53. The molecule has 0 bridgehead atoms. The van der Waals surface area contributed by atoms with E-state index in [0.29, 0.717) is 19.0 Å². The summed E-state index contributed by atoms with van der Waals surface area (Å²) in [5, 5.41) is 9.89. The summed E-state index contributed by atoms with van der Waals surface area (Å²) in [7, 11) is 0. The van der Waals surface area contributed by atoms with Crippen molar-refractivity contribution in [3.63, 3.8) is 0 Å². The molecule has 0 aliphatic rings. The molecule has 28 heavy (non-hydrogen) atoms. The molecule has 2 aromatic heterocycles. The monoisotopic (exact) mass is 510 g/mol. The molecule has 3 rings (SSSR count). The largest absolute Gasteiger partial charge is 0.357 e. The van der Waals surface area contributed by atoms with Crippen molar-refractivity contribution >= 4 is 41.3 Å². The van der Waals surface area contributed by atoms with E-state index < -0.39 is 0 Å². The van der Waals surface area contributed by atoms with Gasteiger partial charge in [-0.2, -0.15) is 0 Å². The third-order valence-electron chi connectivity index (χ3n) is 4.09. The lowest BCUT2D eigenvalue weighted by Gasteiger charge is -2.12. The number of halogens is 1. The number of hydrogen-bond donors (Lipinski definition) is 2. The second-order valence-corrected chi connectivity index (χ2v) is 7.41. The molecule has 3 aromatic rings. The Balaban J connectivity index is 0.00000280. The maximum atomic E-state index is 4.75. The number of guanidine groups is 1. The molecule has 1 aromatic carbocycles. The van der Waals surface area contributed by atoms with Crippen LogP contribution in [0.15, 0.2) is 53.4 Å². The molecule has 0 amide bonds. The summed E-state index contributed by atoms with van der Waals surface area (Å²) in [6, 6.07) is 8.24. The van der Waals surface area contributed by atoms with Gasteiger partial charge in [0, 0.05) is 24.3 Å². The van der Waals surface area contributed by atoms with Gasteiger partial charge < -0.3 is 15.2 Å². The molecule has 0 saturated carbocycles. The zero-order valence-corrected chi connectivity index (χ0v) is 19.6. The highest BCUT2D eigenvalue weighted by atomic mass is 127. The summed E-state index contributed by atoms with van der Waals surface area (Å²) < 4.78 is 2.01. The van der Waals surface area contributed by atoms with Gasteiger partial charge in [-0.3, -0.25) is 0 Å². The molecule has 2 N–H and O–H groups in total. The van der Waals surface area contributed by atoms with Gasteiger partial charge in [0.2, 0.25) is 0 Å². The molecule has 2 heterocycles. The average molecular weight is 510 g/mol.